The van der Waals surface area contributed by atoms with Crippen LogP contribution in [-0.4, -0.2) is 28.5 Å². The third-order valence-electron chi connectivity index (χ3n) is 5.60. The fraction of sp³-hybridized carbons (Fsp3) is 0.240. The van der Waals surface area contributed by atoms with Crippen LogP contribution in [0.4, 0.5) is 0 Å². The number of rotatable bonds is 7. The Kier molecular flexibility index (Phi) is 6.67. The van der Waals surface area contributed by atoms with E-state index in [1.807, 2.05) is 24.3 Å². The molecule has 2 aromatic carbocycles. The van der Waals surface area contributed by atoms with Crippen LogP contribution in [0, 0.1) is 0 Å². The summed E-state index contributed by atoms with van der Waals surface area (Å²) in [6, 6.07) is 13.4. The van der Waals surface area contributed by atoms with Gasteiger partial charge in [-0.25, -0.2) is 15.4 Å². The number of nitrogens with zero attached hydrogens (tertiary/aromatic N) is 3. The Bertz CT molecular complexity index is 1260. The quantitative estimate of drug-likeness (QED) is 0.463. The zero-order chi connectivity index (χ0) is 23.5. The van der Waals surface area contributed by atoms with E-state index >= 15 is 0 Å². The second-order valence-electron chi connectivity index (χ2n) is 8.23. The zero-order valence-electron chi connectivity index (χ0n) is 18.2. The van der Waals surface area contributed by atoms with Crippen molar-refractivity contribution < 1.29 is 9.57 Å². The van der Waals surface area contributed by atoms with Gasteiger partial charge in [-0.15, -0.1) is 0 Å². The number of hydrogen-bond acceptors (Lipinski definition) is 7. The summed E-state index contributed by atoms with van der Waals surface area (Å²) < 4.78 is 6.21. The number of amidine groups is 1. The average Bonchev–Trinajstić information content (AvgIpc) is 3.68. The summed E-state index contributed by atoms with van der Waals surface area (Å²) in [6.07, 6.45) is 7.63. The normalized spacial score (nSPS) is 17.9. The molecular weight excluding hydrogens is 473 g/mol. The van der Waals surface area contributed by atoms with Crippen molar-refractivity contribution in [3.63, 3.8) is 0 Å². The van der Waals surface area contributed by atoms with E-state index in [9.17, 15) is 0 Å². The summed E-state index contributed by atoms with van der Waals surface area (Å²) >= 11 is 12.4. The lowest BCUT2D eigenvalue weighted by Gasteiger charge is -2.23. The number of aliphatic imine (C=N–C) groups is 1. The van der Waals surface area contributed by atoms with Gasteiger partial charge in [-0.2, -0.15) is 0 Å². The van der Waals surface area contributed by atoms with Crippen molar-refractivity contribution in [2.24, 2.45) is 10.7 Å². The molecule has 1 saturated carbocycles. The standard InChI is InChI=1S/C25H23Cl2N5O2/c26-18-7-6-17(21(27)12-18)10-19-14-33-32-25(30-19)24-22(13-29-23(31-24)8-9-28)34-20-3-1-2-16(11-20)15-4-5-15/h1-3,6-9,11-13,15,19H,4-5,10,14,28H2,(H,30,32)/b9-8-. The predicted molar refractivity (Wildman–Crippen MR) is 133 cm³/mol. The van der Waals surface area contributed by atoms with E-state index in [4.69, 9.17) is 43.5 Å². The minimum atomic E-state index is -0.176. The lowest BCUT2D eigenvalue weighted by molar-refractivity contribution is 0.0621. The first-order chi connectivity index (χ1) is 16.6. The lowest BCUT2D eigenvalue weighted by Crippen LogP contribution is -2.37. The molecule has 0 saturated heterocycles. The van der Waals surface area contributed by atoms with Crippen LogP contribution in [0.25, 0.3) is 6.08 Å². The van der Waals surface area contributed by atoms with Gasteiger partial charge in [0.2, 0.25) is 0 Å². The molecule has 3 aromatic rings. The fourth-order valence-electron chi connectivity index (χ4n) is 3.78. The van der Waals surface area contributed by atoms with Crippen molar-refractivity contribution in [1.29, 1.82) is 0 Å². The molecule has 1 fully saturated rings. The van der Waals surface area contributed by atoms with Gasteiger partial charge in [-0.3, -0.25) is 9.83 Å². The van der Waals surface area contributed by atoms with Gasteiger partial charge in [0, 0.05) is 10.0 Å². The van der Waals surface area contributed by atoms with E-state index in [1.54, 1.807) is 18.3 Å². The second kappa shape index (κ2) is 10.0. The predicted octanol–water partition coefficient (Wildman–Crippen LogP) is 5.28. The first-order valence-corrected chi connectivity index (χ1v) is 11.8. The van der Waals surface area contributed by atoms with E-state index in [1.165, 1.54) is 24.6 Å². The van der Waals surface area contributed by atoms with Gasteiger partial charge >= 0.3 is 0 Å². The smallest absolute Gasteiger partial charge is 0.175 e. The van der Waals surface area contributed by atoms with Crippen LogP contribution in [0.2, 0.25) is 10.0 Å². The Morgan fingerprint density at radius 2 is 2.06 bits per heavy atom. The van der Waals surface area contributed by atoms with Crippen molar-refractivity contribution in [2.45, 2.75) is 31.2 Å². The van der Waals surface area contributed by atoms with Gasteiger partial charge < -0.3 is 10.5 Å². The van der Waals surface area contributed by atoms with E-state index in [-0.39, 0.29) is 6.04 Å². The highest BCUT2D eigenvalue weighted by Crippen LogP contribution is 2.41. The number of nitrogens with one attached hydrogen (secondary N) is 1. The summed E-state index contributed by atoms with van der Waals surface area (Å²) in [4.78, 5) is 19.4. The van der Waals surface area contributed by atoms with E-state index in [0.717, 1.165) is 11.3 Å². The highest BCUT2D eigenvalue weighted by Gasteiger charge is 2.25. The molecule has 0 radical (unpaired) electrons. The topological polar surface area (TPSA) is 94.7 Å². The fourth-order valence-corrected chi connectivity index (χ4v) is 4.26. The van der Waals surface area contributed by atoms with Gasteiger partial charge in [0.25, 0.3) is 0 Å². The Balaban J connectivity index is 1.45. The number of hydrogen-bond donors (Lipinski definition) is 2. The molecule has 7 nitrogen and oxygen atoms in total. The van der Waals surface area contributed by atoms with E-state index in [2.05, 4.69) is 27.6 Å². The third-order valence-corrected chi connectivity index (χ3v) is 6.19. The van der Waals surface area contributed by atoms with Crippen LogP contribution in [0.15, 0.2) is 59.9 Å². The molecule has 1 unspecified atom stereocenters. The van der Waals surface area contributed by atoms with Gasteiger partial charge in [-0.1, -0.05) is 41.4 Å². The average molecular weight is 496 g/mol. The van der Waals surface area contributed by atoms with Crippen molar-refractivity contribution in [1.82, 2.24) is 15.4 Å². The van der Waals surface area contributed by atoms with Gasteiger partial charge in [0.1, 0.15) is 5.75 Å². The van der Waals surface area contributed by atoms with Gasteiger partial charge in [0.05, 0.1) is 18.8 Å². The minimum absolute atomic E-state index is 0.176. The van der Waals surface area contributed by atoms with Crippen molar-refractivity contribution in [3.05, 3.63) is 87.6 Å². The molecule has 3 N–H and O–H groups in total. The molecule has 0 bridgehead atoms. The van der Waals surface area contributed by atoms with Crippen LogP contribution >= 0.6 is 23.2 Å². The molecule has 1 aliphatic heterocycles. The summed E-state index contributed by atoms with van der Waals surface area (Å²) in [6.45, 7) is 0.378. The van der Waals surface area contributed by atoms with Crippen LogP contribution in [-0.2, 0) is 11.3 Å². The number of nitrogens with two attached hydrogens (primary N) is 1. The van der Waals surface area contributed by atoms with Crippen molar-refractivity contribution >= 4 is 35.1 Å². The monoisotopic (exact) mass is 495 g/mol. The minimum Gasteiger partial charge on any atom is -0.453 e. The Morgan fingerprint density at radius 3 is 2.85 bits per heavy atom. The summed E-state index contributed by atoms with van der Waals surface area (Å²) in [5.74, 6) is 2.68. The third kappa shape index (κ3) is 5.33. The highest BCUT2D eigenvalue weighted by molar-refractivity contribution is 6.35. The van der Waals surface area contributed by atoms with Crippen molar-refractivity contribution in [2.75, 3.05) is 6.61 Å². The van der Waals surface area contributed by atoms with E-state index in [0.29, 0.717) is 52.1 Å². The molecule has 5 rings (SSSR count). The molecule has 2 heterocycles. The van der Waals surface area contributed by atoms with Crippen LogP contribution in [0.1, 0.15) is 41.4 Å². The Labute approximate surface area is 207 Å². The number of hydroxylamine groups is 1. The summed E-state index contributed by atoms with van der Waals surface area (Å²) in [7, 11) is 0. The molecule has 1 aromatic heterocycles. The van der Waals surface area contributed by atoms with Crippen LogP contribution in [0.5, 0.6) is 11.5 Å². The Hall–Kier alpha value is -3.13. The van der Waals surface area contributed by atoms with Gasteiger partial charge in [-0.05, 0) is 72.8 Å². The SMILES string of the molecule is N/C=C\c1ncc(Oc2cccc(C3CC3)c2)c(C2=NC(Cc3ccc(Cl)cc3Cl)CON2)n1. The first-order valence-electron chi connectivity index (χ1n) is 11.0. The summed E-state index contributed by atoms with van der Waals surface area (Å²) in [5, 5.41) is 1.19. The molecule has 174 valence electrons. The zero-order valence-corrected chi connectivity index (χ0v) is 19.8. The van der Waals surface area contributed by atoms with Crippen molar-refractivity contribution in [3.8, 4) is 11.5 Å². The molecule has 1 aliphatic carbocycles. The van der Waals surface area contributed by atoms with Crippen LogP contribution in [0.3, 0.4) is 0 Å². The maximum atomic E-state index is 6.36. The number of benzene rings is 2. The molecule has 0 spiro atoms. The lowest BCUT2D eigenvalue weighted by atomic mass is 10.1. The summed E-state index contributed by atoms with van der Waals surface area (Å²) in [5.41, 5.74) is 11.1. The van der Waals surface area contributed by atoms with E-state index < -0.39 is 0 Å². The molecular formula is C25H23Cl2N5O2. The molecule has 0 amide bonds. The molecule has 9 heteroatoms. The maximum absolute atomic E-state index is 6.36. The second-order valence-corrected chi connectivity index (χ2v) is 9.08. The highest BCUT2D eigenvalue weighted by atomic mass is 35.5. The Morgan fingerprint density at radius 1 is 1.18 bits per heavy atom. The molecule has 1 atom stereocenters. The molecule has 2 aliphatic rings. The number of ether oxygens (including phenoxy) is 1. The first kappa shape index (κ1) is 22.7. The largest absolute Gasteiger partial charge is 0.453 e. The number of aromatic nitrogens is 2. The maximum Gasteiger partial charge on any atom is 0.175 e. The van der Waals surface area contributed by atoms with Gasteiger partial charge in [0.15, 0.2) is 23.1 Å². The van der Waals surface area contributed by atoms with Crippen LogP contribution < -0.4 is 16.0 Å². The number of halogens is 2. The molecule has 34 heavy (non-hydrogen) atoms.